The van der Waals surface area contributed by atoms with Crippen molar-refractivity contribution in [2.24, 2.45) is 5.92 Å². The van der Waals surface area contributed by atoms with Crippen LogP contribution in [0.2, 0.25) is 0 Å². The lowest BCUT2D eigenvalue weighted by atomic mass is 9.92. The molecule has 1 aromatic carbocycles. The number of hydrogen-bond donors (Lipinski definition) is 1. The summed E-state index contributed by atoms with van der Waals surface area (Å²) in [6, 6.07) is 12.1. The van der Waals surface area contributed by atoms with Gasteiger partial charge in [-0.1, -0.05) is 44.2 Å². The largest absolute Gasteiger partial charge is 0.378 e. The molecule has 0 aromatic heterocycles. The molecule has 0 saturated heterocycles. The molecular weight excluding hydrogens is 224 g/mol. The van der Waals surface area contributed by atoms with Gasteiger partial charge in [-0.25, -0.2) is 0 Å². The lowest BCUT2D eigenvalue weighted by Crippen LogP contribution is -2.43. The van der Waals surface area contributed by atoms with Crippen LogP contribution in [0.25, 0.3) is 0 Å². The third kappa shape index (κ3) is 3.83. The summed E-state index contributed by atoms with van der Waals surface area (Å²) in [6.07, 6.45) is 1.01. The normalized spacial score (nSPS) is 14.2. The second-order valence-corrected chi connectivity index (χ2v) is 4.87. The number of nitrogens with one attached hydrogen (secondary N) is 1. The molecular formula is C15H22N2O. The molecule has 0 aliphatic rings. The second-order valence-electron chi connectivity index (χ2n) is 4.87. The fourth-order valence-corrected chi connectivity index (χ4v) is 1.72. The molecule has 0 aliphatic carbocycles. The van der Waals surface area contributed by atoms with Crippen molar-refractivity contribution in [2.75, 3.05) is 20.3 Å². The summed E-state index contributed by atoms with van der Waals surface area (Å²) in [7, 11) is 1.79. The maximum atomic E-state index is 9.45. The molecule has 98 valence electrons. The van der Waals surface area contributed by atoms with Crippen molar-refractivity contribution in [1.82, 2.24) is 5.32 Å². The van der Waals surface area contributed by atoms with E-state index in [1.54, 1.807) is 7.05 Å². The van der Waals surface area contributed by atoms with E-state index >= 15 is 0 Å². The van der Waals surface area contributed by atoms with Crippen LogP contribution in [0.4, 0.5) is 0 Å². The van der Waals surface area contributed by atoms with E-state index in [-0.39, 0.29) is 0 Å². The average molecular weight is 246 g/mol. The van der Waals surface area contributed by atoms with Crippen molar-refractivity contribution in [1.29, 1.82) is 5.26 Å². The fourth-order valence-electron chi connectivity index (χ4n) is 1.72. The van der Waals surface area contributed by atoms with Gasteiger partial charge in [0.1, 0.15) is 0 Å². The zero-order chi connectivity index (χ0) is 13.4. The molecule has 3 nitrogen and oxygen atoms in total. The molecule has 0 radical (unpaired) electrons. The van der Waals surface area contributed by atoms with Crippen molar-refractivity contribution in [3.8, 4) is 6.07 Å². The minimum absolute atomic E-state index is 0.372. The first-order chi connectivity index (χ1) is 8.64. The van der Waals surface area contributed by atoms with Gasteiger partial charge in [-0.05, 0) is 24.9 Å². The quantitative estimate of drug-likeness (QED) is 0.752. The lowest BCUT2D eigenvalue weighted by molar-refractivity contribution is 0.0838. The second kappa shape index (κ2) is 7.15. The van der Waals surface area contributed by atoms with E-state index in [0.717, 1.165) is 12.0 Å². The smallest absolute Gasteiger partial charge is 0.155 e. The van der Waals surface area contributed by atoms with Gasteiger partial charge in [0.25, 0.3) is 0 Å². The van der Waals surface area contributed by atoms with Gasteiger partial charge in [0, 0.05) is 6.61 Å². The summed E-state index contributed by atoms with van der Waals surface area (Å²) in [5.41, 5.74) is 0.192. The molecule has 0 heterocycles. The molecule has 0 spiro atoms. The molecule has 1 N–H and O–H groups in total. The van der Waals surface area contributed by atoms with Gasteiger partial charge >= 0.3 is 0 Å². The van der Waals surface area contributed by atoms with Gasteiger partial charge in [-0.15, -0.1) is 0 Å². The molecule has 0 bridgehead atoms. The number of nitrogens with zero attached hydrogens (tertiary/aromatic N) is 1. The molecule has 18 heavy (non-hydrogen) atoms. The van der Waals surface area contributed by atoms with Crippen molar-refractivity contribution in [3.63, 3.8) is 0 Å². The Morgan fingerprint density at radius 1 is 1.33 bits per heavy atom. The molecule has 0 aliphatic heterocycles. The first-order valence-electron chi connectivity index (χ1n) is 6.38. The predicted octanol–water partition coefficient (Wildman–Crippen LogP) is 2.69. The molecule has 3 heteroatoms. The zero-order valence-corrected chi connectivity index (χ0v) is 11.4. The molecule has 1 atom stereocenters. The minimum atomic E-state index is -0.752. The Hall–Kier alpha value is -1.37. The number of nitriles is 1. The standard InChI is InChI=1S/C15H22N2O/c1-13(2)9-10-18-12-15(11-16,17-3)14-7-5-4-6-8-14/h4-8,13,17H,9-10,12H2,1-3H3. The molecule has 0 saturated carbocycles. The molecule has 0 fully saturated rings. The van der Waals surface area contributed by atoms with Crippen LogP contribution >= 0.6 is 0 Å². The number of likely N-dealkylation sites (N-methyl/N-ethyl adjacent to an activating group) is 1. The van der Waals surface area contributed by atoms with Crippen LogP contribution in [0.15, 0.2) is 30.3 Å². The summed E-state index contributed by atoms with van der Waals surface area (Å²) in [5, 5.41) is 12.5. The van der Waals surface area contributed by atoms with Crippen molar-refractivity contribution < 1.29 is 4.74 Å². The van der Waals surface area contributed by atoms with Crippen LogP contribution in [0.5, 0.6) is 0 Å². The van der Waals surface area contributed by atoms with Gasteiger partial charge in [-0.2, -0.15) is 5.26 Å². The number of ether oxygens (including phenoxy) is 1. The van der Waals surface area contributed by atoms with Crippen molar-refractivity contribution >= 4 is 0 Å². The first kappa shape index (κ1) is 14.7. The minimum Gasteiger partial charge on any atom is -0.378 e. The van der Waals surface area contributed by atoms with Gasteiger partial charge in [-0.3, -0.25) is 5.32 Å². The van der Waals surface area contributed by atoms with Crippen LogP contribution in [-0.4, -0.2) is 20.3 Å². The van der Waals surface area contributed by atoms with E-state index in [2.05, 4.69) is 25.2 Å². The zero-order valence-electron chi connectivity index (χ0n) is 11.4. The third-order valence-electron chi connectivity index (χ3n) is 3.04. The number of hydrogen-bond acceptors (Lipinski definition) is 3. The molecule has 1 unspecified atom stereocenters. The van der Waals surface area contributed by atoms with E-state index in [1.807, 2.05) is 30.3 Å². The van der Waals surface area contributed by atoms with Crippen LogP contribution < -0.4 is 5.32 Å². The predicted molar refractivity (Wildman–Crippen MR) is 73.1 cm³/mol. The van der Waals surface area contributed by atoms with Gasteiger partial charge in [0.05, 0.1) is 12.7 Å². The summed E-state index contributed by atoms with van der Waals surface area (Å²) < 4.78 is 5.66. The maximum absolute atomic E-state index is 9.45. The molecule has 1 aromatic rings. The third-order valence-corrected chi connectivity index (χ3v) is 3.04. The Bertz CT molecular complexity index is 383. The maximum Gasteiger partial charge on any atom is 0.155 e. The van der Waals surface area contributed by atoms with Crippen molar-refractivity contribution in [3.05, 3.63) is 35.9 Å². The van der Waals surface area contributed by atoms with Crippen LogP contribution in [0.3, 0.4) is 0 Å². The van der Waals surface area contributed by atoms with E-state index in [0.29, 0.717) is 19.1 Å². The Morgan fingerprint density at radius 2 is 2.00 bits per heavy atom. The fraction of sp³-hybridized carbons (Fsp3) is 0.533. The van der Waals surface area contributed by atoms with Gasteiger partial charge in [0.15, 0.2) is 5.54 Å². The summed E-state index contributed by atoms with van der Waals surface area (Å²) in [4.78, 5) is 0. The summed E-state index contributed by atoms with van der Waals surface area (Å²) in [5.74, 6) is 0.618. The van der Waals surface area contributed by atoms with Gasteiger partial charge in [0.2, 0.25) is 0 Å². The Labute approximate surface area is 110 Å². The number of rotatable bonds is 7. The highest BCUT2D eigenvalue weighted by Crippen LogP contribution is 2.20. The summed E-state index contributed by atoms with van der Waals surface area (Å²) >= 11 is 0. The van der Waals surface area contributed by atoms with Crippen LogP contribution in [0, 0.1) is 17.2 Å². The van der Waals surface area contributed by atoms with E-state index in [1.165, 1.54) is 0 Å². The van der Waals surface area contributed by atoms with Crippen LogP contribution in [-0.2, 0) is 10.3 Å². The Morgan fingerprint density at radius 3 is 2.50 bits per heavy atom. The van der Waals surface area contributed by atoms with Crippen LogP contribution in [0.1, 0.15) is 25.8 Å². The first-order valence-corrected chi connectivity index (χ1v) is 6.38. The highest BCUT2D eigenvalue weighted by atomic mass is 16.5. The lowest BCUT2D eigenvalue weighted by Gasteiger charge is -2.26. The summed E-state index contributed by atoms with van der Waals surface area (Å²) in [6.45, 7) is 5.39. The average Bonchev–Trinajstić information content (AvgIpc) is 2.40. The highest BCUT2D eigenvalue weighted by Gasteiger charge is 2.30. The van der Waals surface area contributed by atoms with E-state index in [9.17, 15) is 5.26 Å². The topological polar surface area (TPSA) is 45.0 Å². The van der Waals surface area contributed by atoms with Crippen molar-refractivity contribution in [2.45, 2.75) is 25.8 Å². The molecule has 1 rings (SSSR count). The SMILES string of the molecule is CNC(C#N)(COCCC(C)C)c1ccccc1. The van der Waals surface area contributed by atoms with Gasteiger partial charge < -0.3 is 4.74 Å². The monoisotopic (exact) mass is 246 g/mol. The van der Waals surface area contributed by atoms with E-state index < -0.39 is 5.54 Å². The van der Waals surface area contributed by atoms with E-state index in [4.69, 9.17) is 4.74 Å². The Kier molecular flexibility index (Phi) is 5.84. The number of benzene rings is 1. The highest BCUT2D eigenvalue weighted by molar-refractivity contribution is 5.31. The molecule has 0 amide bonds. The Balaban J connectivity index is 2.68.